The van der Waals surface area contributed by atoms with Gasteiger partial charge in [0.1, 0.15) is 0 Å². The van der Waals surface area contributed by atoms with Crippen molar-refractivity contribution in [1.82, 2.24) is 5.32 Å². The van der Waals surface area contributed by atoms with Crippen LogP contribution in [0.25, 0.3) is 0 Å². The number of ether oxygens (including phenoxy) is 1. The number of aliphatic hydroxyl groups is 1. The summed E-state index contributed by atoms with van der Waals surface area (Å²) < 4.78 is 6.00. The summed E-state index contributed by atoms with van der Waals surface area (Å²) in [5.41, 5.74) is 0.588. The van der Waals surface area contributed by atoms with Gasteiger partial charge in [0.05, 0.1) is 6.10 Å². The van der Waals surface area contributed by atoms with Gasteiger partial charge in [0.25, 0.3) is 0 Å². The molecule has 0 amide bonds. The number of nitrogens with one attached hydrogen (secondary N) is 1. The van der Waals surface area contributed by atoms with E-state index in [4.69, 9.17) is 9.84 Å². The van der Waals surface area contributed by atoms with Gasteiger partial charge in [-0.15, -0.1) is 0 Å². The second kappa shape index (κ2) is 6.76. The molecule has 2 unspecified atom stereocenters. The number of hydrogen-bond acceptors (Lipinski definition) is 3. The fourth-order valence-corrected chi connectivity index (χ4v) is 4.14. The topological polar surface area (TPSA) is 41.5 Å². The van der Waals surface area contributed by atoms with Crippen LogP contribution in [0, 0.1) is 10.8 Å². The maximum Gasteiger partial charge on any atom is 0.0661 e. The first kappa shape index (κ1) is 16.3. The molecule has 118 valence electrons. The van der Waals surface area contributed by atoms with Crippen LogP contribution in [-0.4, -0.2) is 37.0 Å². The van der Waals surface area contributed by atoms with Crippen molar-refractivity contribution in [2.75, 3.05) is 19.8 Å². The number of aliphatic hydroxyl groups excluding tert-OH is 1. The average molecular weight is 283 g/mol. The normalized spacial score (nSPS) is 29.4. The molecule has 2 saturated carbocycles. The van der Waals surface area contributed by atoms with E-state index in [0.717, 1.165) is 19.6 Å². The lowest BCUT2D eigenvalue weighted by molar-refractivity contribution is -0.151. The summed E-state index contributed by atoms with van der Waals surface area (Å²) in [7, 11) is 0. The van der Waals surface area contributed by atoms with Gasteiger partial charge < -0.3 is 15.2 Å². The third-order valence-electron chi connectivity index (χ3n) is 5.55. The molecule has 0 bridgehead atoms. The van der Waals surface area contributed by atoms with Crippen LogP contribution in [0.5, 0.6) is 0 Å². The summed E-state index contributed by atoms with van der Waals surface area (Å²) in [5.74, 6) is 0. The Morgan fingerprint density at radius 1 is 1.25 bits per heavy atom. The molecule has 0 aromatic rings. The first-order valence-electron chi connectivity index (χ1n) is 8.50. The minimum atomic E-state index is 0.182. The smallest absolute Gasteiger partial charge is 0.0661 e. The maximum atomic E-state index is 9.14. The lowest BCUT2D eigenvalue weighted by atomic mass is 9.55. The number of hydrogen-bond donors (Lipinski definition) is 2. The molecular formula is C17H33NO2. The highest BCUT2D eigenvalue weighted by atomic mass is 16.5. The molecule has 0 heterocycles. The van der Waals surface area contributed by atoms with Crippen LogP contribution >= 0.6 is 0 Å². The van der Waals surface area contributed by atoms with Gasteiger partial charge in [-0.3, -0.25) is 0 Å². The maximum absolute atomic E-state index is 9.14. The lowest BCUT2D eigenvalue weighted by Crippen LogP contribution is -2.65. The van der Waals surface area contributed by atoms with Crippen LogP contribution in [0.4, 0.5) is 0 Å². The van der Waals surface area contributed by atoms with Gasteiger partial charge in [-0.05, 0) is 38.0 Å². The van der Waals surface area contributed by atoms with Gasteiger partial charge in [-0.25, -0.2) is 0 Å². The first-order valence-corrected chi connectivity index (χ1v) is 8.50. The molecule has 3 nitrogen and oxygen atoms in total. The second-order valence-corrected chi connectivity index (χ2v) is 7.54. The third kappa shape index (κ3) is 3.37. The van der Waals surface area contributed by atoms with Crippen LogP contribution < -0.4 is 5.32 Å². The Morgan fingerprint density at radius 3 is 2.55 bits per heavy atom. The molecule has 0 saturated heterocycles. The van der Waals surface area contributed by atoms with Crippen molar-refractivity contribution in [3.05, 3.63) is 0 Å². The van der Waals surface area contributed by atoms with Crippen molar-refractivity contribution in [1.29, 1.82) is 0 Å². The molecule has 2 aliphatic carbocycles. The van der Waals surface area contributed by atoms with Crippen LogP contribution in [0.2, 0.25) is 0 Å². The molecule has 2 rings (SSSR count). The molecule has 1 spiro atoms. The van der Waals surface area contributed by atoms with E-state index in [1.807, 2.05) is 0 Å². The Bertz CT molecular complexity index is 297. The molecule has 2 aliphatic rings. The largest absolute Gasteiger partial charge is 0.396 e. The molecular weight excluding hydrogens is 250 g/mol. The SMILES string of the molecule is CCOC1CC(NCC(C)(C)CCO)C12CCCCC2. The van der Waals surface area contributed by atoms with E-state index in [-0.39, 0.29) is 12.0 Å². The van der Waals surface area contributed by atoms with E-state index in [0.29, 0.717) is 17.6 Å². The standard InChI is InChI=1S/C17H33NO2/c1-4-20-15-12-14(17(15)8-6-5-7-9-17)18-13-16(2,3)10-11-19/h14-15,18-19H,4-13H2,1-3H3. The zero-order valence-electron chi connectivity index (χ0n) is 13.6. The summed E-state index contributed by atoms with van der Waals surface area (Å²) in [6.07, 6.45) is 9.29. The van der Waals surface area contributed by atoms with Crippen molar-refractivity contribution >= 4 is 0 Å². The molecule has 0 aromatic heterocycles. The lowest BCUT2D eigenvalue weighted by Gasteiger charge is -2.58. The first-order chi connectivity index (χ1) is 9.54. The Kier molecular flexibility index (Phi) is 5.49. The fraction of sp³-hybridized carbons (Fsp3) is 1.00. The van der Waals surface area contributed by atoms with Crippen molar-refractivity contribution in [2.45, 2.75) is 77.9 Å². The van der Waals surface area contributed by atoms with Gasteiger partial charge in [0.15, 0.2) is 0 Å². The highest BCUT2D eigenvalue weighted by Crippen LogP contribution is 2.53. The zero-order valence-corrected chi connectivity index (χ0v) is 13.6. The molecule has 2 fully saturated rings. The zero-order chi connectivity index (χ0) is 14.6. The Labute approximate surface area is 124 Å². The summed E-state index contributed by atoms with van der Waals surface area (Å²) in [6.45, 7) is 8.71. The van der Waals surface area contributed by atoms with Gasteiger partial charge in [-0.1, -0.05) is 33.1 Å². The monoisotopic (exact) mass is 283 g/mol. The van der Waals surface area contributed by atoms with Gasteiger partial charge in [0, 0.05) is 31.2 Å². The van der Waals surface area contributed by atoms with E-state index in [1.54, 1.807) is 0 Å². The molecule has 3 heteroatoms. The van der Waals surface area contributed by atoms with Gasteiger partial charge in [-0.2, -0.15) is 0 Å². The van der Waals surface area contributed by atoms with Crippen molar-refractivity contribution < 1.29 is 9.84 Å². The molecule has 0 aliphatic heterocycles. The summed E-state index contributed by atoms with van der Waals surface area (Å²) >= 11 is 0. The Morgan fingerprint density at radius 2 is 1.95 bits per heavy atom. The Balaban J connectivity index is 1.91. The van der Waals surface area contributed by atoms with Gasteiger partial charge in [0.2, 0.25) is 0 Å². The molecule has 0 radical (unpaired) electrons. The summed E-state index contributed by atoms with van der Waals surface area (Å²) in [5, 5.41) is 12.9. The van der Waals surface area contributed by atoms with Crippen LogP contribution in [-0.2, 0) is 4.74 Å². The van der Waals surface area contributed by atoms with Crippen molar-refractivity contribution in [3.63, 3.8) is 0 Å². The highest BCUT2D eigenvalue weighted by molar-refractivity contribution is 5.09. The molecule has 2 atom stereocenters. The van der Waals surface area contributed by atoms with Crippen LogP contribution in [0.1, 0.15) is 65.7 Å². The number of rotatable bonds is 7. The predicted molar refractivity (Wildman–Crippen MR) is 82.8 cm³/mol. The van der Waals surface area contributed by atoms with E-state index in [2.05, 4.69) is 26.1 Å². The van der Waals surface area contributed by atoms with E-state index >= 15 is 0 Å². The molecule has 20 heavy (non-hydrogen) atoms. The van der Waals surface area contributed by atoms with Crippen LogP contribution in [0.3, 0.4) is 0 Å². The molecule has 0 aromatic carbocycles. The van der Waals surface area contributed by atoms with E-state index in [1.165, 1.54) is 38.5 Å². The second-order valence-electron chi connectivity index (χ2n) is 7.54. The fourth-order valence-electron chi connectivity index (χ4n) is 4.14. The molecule has 2 N–H and O–H groups in total. The van der Waals surface area contributed by atoms with E-state index in [9.17, 15) is 0 Å². The highest BCUT2D eigenvalue weighted by Gasteiger charge is 2.55. The minimum Gasteiger partial charge on any atom is -0.396 e. The quantitative estimate of drug-likeness (QED) is 0.754. The third-order valence-corrected chi connectivity index (χ3v) is 5.55. The average Bonchev–Trinajstić information content (AvgIpc) is 2.42. The predicted octanol–water partition coefficient (Wildman–Crippen LogP) is 3.11. The summed E-state index contributed by atoms with van der Waals surface area (Å²) in [4.78, 5) is 0. The van der Waals surface area contributed by atoms with Crippen molar-refractivity contribution in [2.24, 2.45) is 10.8 Å². The van der Waals surface area contributed by atoms with Crippen molar-refractivity contribution in [3.8, 4) is 0 Å². The Hall–Kier alpha value is -0.120. The van der Waals surface area contributed by atoms with Gasteiger partial charge >= 0.3 is 0 Å². The van der Waals surface area contributed by atoms with E-state index < -0.39 is 0 Å². The summed E-state index contributed by atoms with van der Waals surface area (Å²) in [6, 6.07) is 0.623. The van der Waals surface area contributed by atoms with Crippen LogP contribution in [0.15, 0.2) is 0 Å². The minimum absolute atomic E-state index is 0.182.